The summed E-state index contributed by atoms with van der Waals surface area (Å²) in [6, 6.07) is 56.5. The van der Waals surface area contributed by atoms with Gasteiger partial charge < -0.3 is 4.57 Å². The number of rotatable bonds is 3. The second kappa shape index (κ2) is 9.03. The molecule has 0 saturated carbocycles. The Hall–Kier alpha value is -5.44. The second-order valence-corrected chi connectivity index (χ2v) is 12.1. The third kappa shape index (κ3) is 3.40. The third-order valence-electron chi connectivity index (χ3n) is 9.77. The normalized spacial score (nSPS) is 16.5. The highest BCUT2D eigenvalue weighted by atomic mass is 15.1. The fourth-order valence-electron chi connectivity index (χ4n) is 7.69. The number of nitrogens with zero attached hydrogens (tertiary/aromatic N) is 1. The first-order valence-electron chi connectivity index (χ1n) is 15.4. The molecule has 0 amide bonds. The van der Waals surface area contributed by atoms with Gasteiger partial charge in [-0.1, -0.05) is 127 Å². The third-order valence-corrected chi connectivity index (χ3v) is 9.77. The molecule has 1 aliphatic rings. The average molecular weight is 561 g/mol. The first-order valence-corrected chi connectivity index (χ1v) is 15.4. The van der Waals surface area contributed by atoms with Gasteiger partial charge in [0.05, 0.1) is 28.8 Å². The van der Waals surface area contributed by atoms with Crippen molar-refractivity contribution in [2.75, 3.05) is 0 Å². The highest BCUT2D eigenvalue weighted by Gasteiger charge is 2.39. The Balaban J connectivity index is 1.20. The van der Waals surface area contributed by atoms with E-state index in [1.54, 1.807) is 0 Å². The van der Waals surface area contributed by atoms with Crippen LogP contribution in [0.15, 0.2) is 152 Å². The minimum absolute atomic E-state index is 0.293. The molecule has 1 N–H and O–H groups in total. The van der Waals surface area contributed by atoms with E-state index >= 15 is 0 Å². The highest BCUT2D eigenvalue weighted by molar-refractivity contribution is 6.28. The van der Waals surface area contributed by atoms with Crippen LogP contribution < -0.4 is 5.32 Å². The van der Waals surface area contributed by atoms with Crippen molar-refractivity contribution in [1.29, 1.82) is 0 Å². The first-order chi connectivity index (χ1) is 21.8. The van der Waals surface area contributed by atoms with Gasteiger partial charge in [-0.05, 0) is 73.1 Å². The van der Waals surface area contributed by atoms with E-state index in [2.05, 4.69) is 162 Å². The molecule has 8 aromatic carbocycles. The lowest BCUT2D eigenvalue weighted by molar-refractivity contribution is 1.04. The van der Waals surface area contributed by atoms with Gasteiger partial charge >= 0.3 is 0 Å². The molecule has 2 nitrogen and oxygen atoms in total. The molecule has 1 saturated heterocycles. The number of fused-ring (bicyclic) bond motifs is 9. The summed E-state index contributed by atoms with van der Waals surface area (Å²) in [4.78, 5) is 0. The summed E-state index contributed by atoms with van der Waals surface area (Å²) in [7, 11) is 0. The molecule has 2 unspecified atom stereocenters. The minimum atomic E-state index is 0.293. The summed E-state index contributed by atoms with van der Waals surface area (Å²) in [5.74, 6) is 0. The maximum Gasteiger partial charge on any atom is 0.0548 e. The Kier molecular flexibility index (Phi) is 4.94. The molecule has 1 fully saturated rings. The van der Waals surface area contributed by atoms with Crippen LogP contribution in [-0.2, 0) is 0 Å². The van der Waals surface area contributed by atoms with Crippen molar-refractivity contribution in [2.45, 2.75) is 12.1 Å². The van der Waals surface area contributed by atoms with Gasteiger partial charge in [0.15, 0.2) is 0 Å². The fraction of sp³-hybridized carbons (Fsp3) is 0.0476. The van der Waals surface area contributed by atoms with Crippen LogP contribution >= 0.6 is 0 Å². The van der Waals surface area contributed by atoms with Gasteiger partial charge in [0.25, 0.3) is 0 Å². The monoisotopic (exact) mass is 560 g/mol. The average Bonchev–Trinajstić information content (AvgIpc) is 3.81. The summed E-state index contributed by atoms with van der Waals surface area (Å²) in [5, 5.41) is 16.7. The topological polar surface area (TPSA) is 26.9 Å². The van der Waals surface area contributed by atoms with Crippen molar-refractivity contribution in [2.24, 2.45) is 0 Å². The lowest BCUT2D eigenvalue weighted by atomic mass is 9.96. The number of hydrogen-bond acceptors (Lipinski definition) is 1. The van der Waals surface area contributed by atoms with Crippen molar-refractivity contribution in [3.63, 3.8) is 0 Å². The van der Waals surface area contributed by atoms with Crippen LogP contribution in [0.3, 0.4) is 0 Å². The van der Waals surface area contributed by atoms with Crippen LogP contribution in [0.4, 0.5) is 0 Å². The van der Waals surface area contributed by atoms with E-state index in [1.807, 2.05) is 0 Å². The van der Waals surface area contributed by atoms with Gasteiger partial charge in [0, 0.05) is 16.2 Å². The van der Waals surface area contributed by atoms with Crippen molar-refractivity contribution in [3.8, 4) is 5.69 Å². The lowest BCUT2D eigenvalue weighted by Gasteiger charge is -2.14. The SMILES string of the molecule is c1ccc2cc(C3NC3c3cccc4c(-n5c6ccc7ccccc7c6c6c7ccccc7ccc65)cccc34)ccc2c1. The van der Waals surface area contributed by atoms with E-state index in [0.29, 0.717) is 12.1 Å². The second-order valence-electron chi connectivity index (χ2n) is 12.1. The summed E-state index contributed by atoms with van der Waals surface area (Å²) in [6.07, 6.45) is 0. The molecule has 10 rings (SSSR count). The number of hydrogen-bond donors (Lipinski definition) is 1. The molecule has 44 heavy (non-hydrogen) atoms. The van der Waals surface area contributed by atoms with Crippen LogP contribution in [0.2, 0.25) is 0 Å². The number of aromatic nitrogens is 1. The Morgan fingerprint density at radius 1 is 0.409 bits per heavy atom. The van der Waals surface area contributed by atoms with Gasteiger partial charge in [-0.15, -0.1) is 0 Å². The minimum Gasteiger partial charge on any atom is -0.309 e. The van der Waals surface area contributed by atoms with Crippen LogP contribution in [-0.4, -0.2) is 4.57 Å². The highest BCUT2D eigenvalue weighted by Crippen LogP contribution is 2.47. The lowest BCUT2D eigenvalue weighted by Crippen LogP contribution is -1.97. The summed E-state index contributed by atoms with van der Waals surface area (Å²) < 4.78 is 2.50. The molecule has 2 atom stereocenters. The van der Waals surface area contributed by atoms with Crippen molar-refractivity contribution in [3.05, 3.63) is 163 Å². The van der Waals surface area contributed by atoms with Crippen molar-refractivity contribution >= 4 is 64.9 Å². The maximum absolute atomic E-state index is 3.81. The Labute approximate surface area is 254 Å². The van der Waals surface area contributed by atoms with Crippen LogP contribution in [0.25, 0.3) is 70.6 Å². The van der Waals surface area contributed by atoms with Crippen molar-refractivity contribution < 1.29 is 0 Å². The van der Waals surface area contributed by atoms with Crippen LogP contribution in [0, 0.1) is 0 Å². The zero-order valence-electron chi connectivity index (χ0n) is 24.0. The molecule has 1 aliphatic heterocycles. The van der Waals surface area contributed by atoms with Crippen molar-refractivity contribution in [1.82, 2.24) is 9.88 Å². The maximum atomic E-state index is 3.81. The first kappa shape index (κ1) is 24.0. The largest absolute Gasteiger partial charge is 0.309 e. The molecular formula is C42H28N2. The zero-order chi connectivity index (χ0) is 28.8. The molecule has 0 radical (unpaired) electrons. The van der Waals surface area contributed by atoms with E-state index in [0.717, 1.165) is 0 Å². The molecule has 2 heteroatoms. The molecule has 0 spiro atoms. The Morgan fingerprint density at radius 2 is 0.977 bits per heavy atom. The van der Waals surface area contributed by atoms with E-state index in [-0.39, 0.29) is 0 Å². The molecule has 9 aromatic rings. The molecule has 2 heterocycles. The van der Waals surface area contributed by atoms with E-state index in [1.165, 1.54) is 81.7 Å². The van der Waals surface area contributed by atoms with Crippen LogP contribution in [0.5, 0.6) is 0 Å². The number of benzene rings is 8. The molecular weight excluding hydrogens is 532 g/mol. The van der Waals surface area contributed by atoms with Gasteiger partial charge in [-0.3, -0.25) is 5.32 Å². The van der Waals surface area contributed by atoms with Crippen LogP contribution in [0.1, 0.15) is 23.2 Å². The molecule has 0 bridgehead atoms. The summed E-state index contributed by atoms with van der Waals surface area (Å²) >= 11 is 0. The molecule has 0 aliphatic carbocycles. The van der Waals surface area contributed by atoms with E-state index < -0.39 is 0 Å². The predicted molar refractivity (Wildman–Crippen MR) is 186 cm³/mol. The van der Waals surface area contributed by atoms with E-state index in [9.17, 15) is 0 Å². The molecule has 1 aromatic heterocycles. The quantitative estimate of drug-likeness (QED) is 0.214. The molecule has 206 valence electrons. The number of nitrogens with one attached hydrogen (secondary N) is 1. The Bertz CT molecular complexity index is 2510. The standard InChI is InChI=1S/C42H28N2/c1-2-12-29-25-30(20-19-26(29)9-1)41-42(43-41)35-17-7-16-34-33(35)15-8-18-36(34)44-37-23-21-27-10-3-5-13-31(27)39(37)40-32-14-6-4-11-28(32)22-24-38(40)44/h1-25,41-43H. The Morgan fingerprint density at radius 3 is 1.70 bits per heavy atom. The fourth-order valence-corrected chi connectivity index (χ4v) is 7.69. The predicted octanol–water partition coefficient (Wildman–Crippen LogP) is 10.8. The van der Waals surface area contributed by atoms with Gasteiger partial charge in [-0.2, -0.15) is 0 Å². The summed E-state index contributed by atoms with van der Waals surface area (Å²) in [5.41, 5.74) is 6.41. The summed E-state index contributed by atoms with van der Waals surface area (Å²) in [6.45, 7) is 0. The van der Waals surface area contributed by atoms with E-state index in [4.69, 9.17) is 0 Å². The smallest absolute Gasteiger partial charge is 0.0548 e. The zero-order valence-corrected chi connectivity index (χ0v) is 24.0. The van der Waals surface area contributed by atoms with Gasteiger partial charge in [0.2, 0.25) is 0 Å². The van der Waals surface area contributed by atoms with Gasteiger partial charge in [-0.25, -0.2) is 0 Å². The van der Waals surface area contributed by atoms with Gasteiger partial charge in [0.1, 0.15) is 0 Å².